The SMILES string of the molecule is CCCCC(=O)Nc1ccnn1C(C)CC. The zero-order valence-corrected chi connectivity index (χ0v) is 10.4. The highest BCUT2D eigenvalue weighted by atomic mass is 16.1. The third-order valence-electron chi connectivity index (χ3n) is 2.70. The van der Waals surface area contributed by atoms with Crippen molar-refractivity contribution in [3.8, 4) is 0 Å². The lowest BCUT2D eigenvalue weighted by Crippen LogP contribution is -2.16. The standard InChI is InChI=1S/C12H21N3O/c1-4-6-7-12(16)14-11-8-9-13-15(11)10(3)5-2/h8-10H,4-7H2,1-3H3,(H,14,16). The Bertz CT molecular complexity index is 333. The van der Waals surface area contributed by atoms with Gasteiger partial charge in [0.25, 0.3) is 0 Å². The highest BCUT2D eigenvalue weighted by Gasteiger charge is 2.10. The minimum absolute atomic E-state index is 0.0758. The van der Waals surface area contributed by atoms with Crippen LogP contribution in [0, 0.1) is 0 Å². The molecular formula is C12H21N3O. The van der Waals surface area contributed by atoms with Crippen molar-refractivity contribution < 1.29 is 4.79 Å². The molecule has 1 aromatic heterocycles. The third-order valence-corrected chi connectivity index (χ3v) is 2.70. The van der Waals surface area contributed by atoms with Crippen molar-refractivity contribution >= 4 is 11.7 Å². The quantitative estimate of drug-likeness (QED) is 0.806. The number of carbonyl (C=O) groups is 1. The van der Waals surface area contributed by atoms with Crippen LogP contribution in [0.2, 0.25) is 0 Å². The zero-order chi connectivity index (χ0) is 12.0. The van der Waals surface area contributed by atoms with Crippen LogP contribution in [0.15, 0.2) is 12.3 Å². The van der Waals surface area contributed by atoms with Gasteiger partial charge in [0.15, 0.2) is 0 Å². The summed E-state index contributed by atoms with van der Waals surface area (Å²) in [5, 5.41) is 7.12. The third kappa shape index (κ3) is 3.36. The maximum atomic E-state index is 11.6. The van der Waals surface area contributed by atoms with Gasteiger partial charge in [-0.3, -0.25) is 4.79 Å². The number of anilines is 1. The first-order chi connectivity index (χ1) is 7.69. The molecule has 1 aromatic rings. The fourth-order valence-electron chi connectivity index (χ4n) is 1.48. The van der Waals surface area contributed by atoms with Crippen molar-refractivity contribution in [1.82, 2.24) is 9.78 Å². The number of amides is 1. The molecule has 1 N–H and O–H groups in total. The molecule has 4 heteroatoms. The van der Waals surface area contributed by atoms with Gasteiger partial charge in [0.1, 0.15) is 5.82 Å². The van der Waals surface area contributed by atoms with Crippen molar-refractivity contribution in [3.63, 3.8) is 0 Å². The second-order valence-electron chi connectivity index (χ2n) is 4.07. The molecule has 1 unspecified atom stereocenters. The van der Waals surface area contributed by atoms with Crippen LogP contribution in [-0.2, 0) is 4.79 Å². The molecule has 16 heavy (non-hydrogen) atoms. The first-order valence-electron chi connectivity index (χ1n) is 6.02. The largest absolute Gasteiger partial charge is 0.311 e. The number of hydrogen-bond acceptors (Lipinski definition) is 2. The lowest BCUT2D eigenvalue weighted by atomic mass is 10.2. The van der Waals surface area contributed by atoms with Gasteiger partial charge in [0, 0.05) is 12.5 Å². The van der Waals surface area contributed by atoms with E-state index in [-0.39, 0.29) is 5.91 Å². The van der Waals surface area contributed by atoms with E-state index in [4.69, 9.17) is 0 Å². The maximum absolute atomic E-state index is 11.6. The molecule has 0 aliphatic carbocycles. The Morgan fingerprint density at radius 1 is 1.56 bits per heavy atom. The Hall–Kier alpha value is -1.32. The molecule has 1 amide bonds. The van der Waals surface area contributed by atoms with E-state index in [1.165, 1.54) is 0 Å². The van der Waals surface area contributed by atoms with Gasteiger partial charge in [-0.25, -0.2) is 4.68 Å². The van der Waals surface area contributed by atoms with E-state index in [0.717, 1.165) is 25.1 Å². The Morgan fingerprint density at radius 3 is 2.94 bits per heavy atom. The van der Waals surface area contributed by atoms with Gasteiger partial charge in [-0.15, -0.1) is 0 Å². The van der Waals surface area contributed by atoms with E-state index < -0.39 is 0 Å². The fraction of sp³-hybridized carbons (Fsp3) is 0.667. The summed E-state index contributed by atoms with van der Waals surface area (Å²) in [6.45, 7) is 6.28. The van der Waals surface area contributed by atoms with Gasteiger partial charge >= 0.3 is 0 Å². The highest BCUT2D eigenvalue weighted by molar-refractivity contribution is 5.89. The molecule has 4 nitrogen and oxygen atoms in total. The van der Waals surface area contributed by atoms with Gasteiger partial charge in [-0.1, -0.05) is 20.3 Å². The van der Waals surface area contributed by atoms with Gasteiger partial charge in [0.05, 0.1) is 12.2 Å². The molecule has 1 atom stereocenters. The molecular weight excluding hydrogens is 202 g/mol. The molecule has 0 saturated carbocycles. The smallest absolute Gasteiger partial charge is 0.225 e. The monoisotopic (exact) mass is 223 g/mol. The van der Waals surface area contributed by atoms with E-state index in [1.807, 2.05) is 10.7 Å². The second kappa shape index (κ2) is 6.30. The molecule has 1 heterocycles. The lowest BCUT2D eigenvalue weighted by Gasteiger charge is -2.14. The summed E-state index contributed by atoms with van der Waals surface area (Å²) >= 11 is 0. The van der Waals surface area contributed by atoms with Gasteiger partial charge < -0.3 is 5.32 Å². The van der Waals surface area contributed by atoms with Gasteiger partial charge in [-0.2, -0.15) is 5.10 Å². The number of rotatable bonds is 6. The molecule has 0 aliphatic rings. The minimum atomic E-state index is 0.0758. The van der Waals surface area contributed by atoms with Crippen molar-refractivity contribution in [2.24, 2.45) is 0 Å². The van der Waals surface area contributed by atoms with Crippen LogP contribution < -0.4 is 5.32 Å². The van der Waals surface area contributed by atoms with Crippen LogP contribution in [0.4, 0.5) is 5.82 Å². The normalized spacial score (nSPS) is 12.4. The highest BCUT2D eigenvalue weighted by Crippen LogP contribution is 2.16. The van der Waals surface area contributed by atoms with Crippen molar-refractivity contribution in [3.05, 3.63) is 12.3 Å². The number of nitrogens with one attached hydrogen (secondary N) is 1. The molecule has 0 saturated heterocycles. The molecule has 0 fully saturated rings. The molecule has 0 aliphatic heterocycles. The van der Waals surface area contributed by atoms with E-state index >= 15 is 0 Å². The second-order valence-corrected chi connectivity index (χ2v) is 4.07. The number of nitrogens with zero attached hydrogens (tertiary/aromatic N) is 2. The van der Waals surface area contributed by atoms with E-state index in [9.17, 15) is 4.79 Å². The molecule has 1 rings (SSSR count). The van der Waals surface area contributed by atoms with Crippen LogP contribution in [-0.4, -0.2) is 15.7 Å². The Kier molecular flexibility index (Phi) is 5.02. The Labute approximate surface area is 97.0 Å². The number of unbranched alkanes of at least 4 members (excludes halogenated alkanes) is 1. The topological polar surface area (TPSA) is 46.9 Å². The molecule has 0 bridgehead atoms. The van der Waals surface area contributed by atoms with E-state index in [0.29, 0.717) is 12.5 Å². The van der Waals surface area contributed by atoms with E-state index in [1.54, 1.807) is 6.20 Å². The first-order valence-corrected chi connectivity index (χ1v) is 6.02. The Balaban J connectivity index is 2.59. The van der Waals surface area contributed by atoms with Crippen molar-refractivity contribution in [2.45, 2.75) is 52.5 Å². The van der Waals surface area contributed by atoms with E-state index in [2.05, 4.69) is 31.2 Å². The van der Waals surface area contributed by atoms with Crippen LogP contribution in [0.25, 0.3) is 0 Å². The van der Waals surface area contributed by atoms with Crippen molar-refractivity contribution in [2.75, 3.05) is 5.32 Å². The summed E-state index contributed by atoms with van der Waals surface area (Å²) in [4.78, 5) is 11.6. The van der Waals surface area contributed by atoms with Crippen LogP contribution >= 0.6 is 0 Å². The summed E-state index contributed by atoms with van der Waals surface area (Å²) < 4.78 is 1.86. The maximum Gasteiger partial charge on any atom is 0.225 e. The minimum Gasteiger partial charge on any atom is -0.311 e. The van der Waals surface area contributed by atoms with Crippen LogP contribution in [0.1, 0.15) is 52.5 Å². The first kappa shape index (κ1) is 12.7. The number of carbonyl (C=O) groups excluding carboxylic acids is 1. The summed E-state index contributed by atoms with van der Waals surface area (Å²) in [7, 11) is 0. The summed E-state index contributed by atoms with van der Waals surface area (Å²) in [6.07, 6.45) is 5.28. The predicted octanol–water partition coefficient (Wildman–Crippen LogP) is 2.98. The summed E-state index contributed by atoms with van der Waals surface area (Å²) in [5.74, 6) is 0.877. The van der Waals surface area contributed by atoms with Crippen LogP contribution in [0.5, 0.6) is 0 Å². The average molecular weight is 223 g/mol. The fourth-order valence-corrected chi connectivity index (χ4v) is 1.48. The number of aromatic nitrogens is 2. The molecule has 0 aromatic carbocycles. The average Bonchev–Trinajstić information content (AvgIpc) is 2.73. The lowest BCUT2D eigenvalue weighted by molar-refractivity contribution is -0.116. The zero-order valence-electron chi connectivity index (χ0n) is 10.4. The molecule has 0 spiro atoms. The van der Waals surface area contributed by atoms with Crippen LogP contribution in [0.3, 0.4) is 0 Å². The predicted molar refractivity (Wildman–Crippen MR) is 65.4 cm³/mol. The molecule has 0 radical (unpaired) electrons. The van der Waals surface area contributed by atoms with Gasteiger partial charge in [-0.05, 0) is 19.8 Å². The Morgan fingerprint density at radius 2 is 2.31 bits per heavy atom. The molecule has 90 valence electrons. The van der Waals surface area contributed by atoms with Gasteiger partial charge in [0.2, 0.25) is 5.91 Å². The summed E-state index contributed by atoms with van der Waals surface area (Å²) in [6, 6.07) is 2.16. The van der Waals surface area contributed by atoms with Crippen molar-refractivity contribution in [1.29, 1.82) is 0 Å². The summed E-state index contributed by atoms with van der Waals surface area (Å²) in [5.41, 5.74) is 0. The number of hydrogen-bond donors (Lipinski definition) is 1.